The Kier molecular flexibility index (Phi) is 7.25. The van der Waals surface area contributed by atoms with Gasteiger partial charge in [0.2, 0.25) is 5.91 Å². The Hall–Kier alpha value is -2.08. The summed E-state index contributed by atoms with van der Waals surface area (Å²) in [6, 6.07) is 9.12. The van der Waals surface area contributed by atoms with E-state index in [1.807, 2.05) is 37.3 Å². The van der Waals surface area contributed by atoms with Gasteiger partial charge in [0.05, 0.1) is 6.10 Å². The predicted octanol–water partition coefficient (Wildman–Crippen LogP) is 1.49. The van der Waals surface area contributed by atoms with E-state index in [1.54, 1.807) is 0 Å². The minimum absolute atomic E-state index is 0.184. The number of carbonyl (C=O) groups is 2. The third-order valence-corrected chi connectivity index (χ3v) is 3.07. The van der Waals surface area contributed by atoms with Gasteiger partial charge < -0.3 is 20.9 Å². The molecule has 0 aliphatic heterocycles. The molecule has 0 radical (unpaired) electrons. The average molecular weight is 294 g/mol. The predicted molar refractivity (Wildman–Crippen MR) is 78.4 cm³/mol. The van der Waals surface area contributed by atoms with Gasteiger partial charge in [-0.1, -0.05) is 37.3 Å². The molecule has 1 aromatic carbocycles. The second kappa shape index (κ2) is 8.97. The van der Waals surface area contributed by atoms with Crippen LogP contribution in [0.15, 0.2) is 30.3 Å². The first-order chi connectivity index (χ1) is 10.0. The first kappa shape index (κ1) is 17.0. The Morgan fingerprint density at radius 2 is 2.00 bits per heavy atom. The monoisotopic (exact) mass is 294 g/mol. The van der Waals surface area contributed by atoms with Gasteiger partial charge in [-0.2, -0.15) is 0 Å². The minimum atomic E-state index is -0.870. The third kappa shape index (κ3) is 6.76. The highest BCUT2D eigenvalue weighted by molar-refractivity contribution is 5.76. The fourth-order valence-electron chi connectivity index (χ4n) is 1.83. The number of nitrogens with two attached hydrogens (primary N) is 1. The van der Waals surface area contributed by atoms with E-state index in [1.165, 1.54) is 0 Å². The standard InChI is InChI=1S/C15H22N2O4/c1-2-12(18)10-17-14(19)9-8-13(21-15(16)20)11-6-4-3-5-7-11/h3-7,12-13,18H,2,8-10H2,1H3,(H2,16,20)(H,17,19). The normalized spacial score (nSPS) is 13.2. The summed E-state index contributed by atoms with van der Waals surface area (Å²) in [5.74, 6) is -0.198. The van der Waals surface area contributed by atoms with Gasteiger partial charge in [0.1, 0.15) is 6.10 Å². The van der Waals surface area contributed by atoms with Crippen LogP contribution in [0.2, 0.25) is 0 Å². The summed E-state index contributed by atoms with van der Waals surface area (Å²) in [6.45, 7) is 2.06. The number of nitrogens with one attached hydrogen (secondary N) is 1. The molecule has 0 heterocycles. The molecule has 2 unspecified atom stereocenters. The minimum Gasteiger partial charge on any atom is -0.441 e. The van der Waals surface area contributed by atoms with Crippen molar-refractivity contribution < 1.29 is 19.4 Å². The van der Waals surface area contributed by atoms with Crippen LogP contribution in [0, 0.1) is 0 Å². The topological polar surface area (TPSA) is 102 Å². The third-order valence-electron chi connectivity index (χ3n) is 3.07. The number of amides is 2. The van der Waals surface area contributed by atoms with Crippen LogP contribution in [0.5, 0.6) is 0 Å². The Morgan fingerprint density at radius 3 is 2.57 bits per heavy atom. The zero-order valence-corrected chi connectivity index (χ0v) is 12.1. The maximum absolute atomic E-state index is 11.7. The maximum Gasteiger partial charge on any atom is 0.405 e. The van der Waals surface area contributed by atoms with Gasteiger partial charge in [-0.25, -0.2) is 4.79 Å². The molecule has 0 aromatic heterocycles. The molecule has 1 rings (SSSR count). The van der Waals surface area contributed by atoms with E-state index >= 15 is 0 Å². The van der Waals surface area contributed by atoms with Gasteiger partial charge in [0.15, 0.2) is 0 Å². The maximum atomic E-state index is 11.7. The van der Waals surface area contributed by atoms with Gasteiger partial charge in [-0.3, -0.25) is 4.79 Å². The first-order valence-electron chi connectivity index (χ1n) is 6.98. The summed E-state index contributed by atoms with van der Waals surface area (Å²) in [5, 5.41) is 12.0. The summed E-state index contributed by atoms with van der Waals surface area (Å²) in [7, 11) is 0. The molecule has 0 aliphatic carbocycles. The number of carbonyl (C=O) groups excluding carboxylic acids is 2. The molecule has 0 bridgehead atoms. The highest BCUT2D eigenvalue weighted by Gasteiger charge is 2.17. The molecular formula is C15H22N2O4. The van der Waals surface area contributed by atoms with Gasteiger partial charge in [0, 0.05) is 13.0 Å². The van der Waals surface area contributed by atoms with Crippen LogP contribution in [0.4, 0.5) is 4.79 Å². The fraction of sp³-hybridized carbons (Fsp3) is 0.467. The lowest BCUT2D eigenvalue weighted by Crippen LogP contribution is -2.32. The molecule has 0 aliphatic rings. The summed E-state index contributed by atoms with van der Waals surface area (Å²) in [4.78, 5) is 22.6. The molecule has 6 nitrogen and oxygen atoms in total. The Labute approximate surface area is 124 Å². The van der Waals surface area contributed by atoms with Crippen LogP contribution in [0.25, 0.3) is 0 Å². The second-order valence-electron chi connectivity index (χ2n) is 4.74. The zero-order chi connectivity index (χ0) is 15.7. The number of aliphatic hydroxyl groups is 1. The Bertz CT molecular complexity index is 450. The summed E-state index contributed by atoms with van der Waals surface area (Å²) in [6.07, 6.45) is -0.862. The molecule has 1 aromatic rings. The lowest BCUT2D eigenvalue weighted by atomic mass is 10.0. The van der Waals surface area contributed by atoms with Crippen molar-refractivity contribution >= 4 is 12.0 Å². The highest BCUT2D eigenvalue weighted by Crippen LogP contribution is 2.22. The molecule has 4 N–H and O–H groups in total. The molecular weight excluding hydrogens is 272 g/mol. The molecule has 0 fully saturated rings. The molecule has 0 saturated heterocycles. The molecule has 0 saturated carbocycles. The smallest absolute Gasteiger partial charge is 0.405 e. The molecule has 116 valence electrons. The van der Waals surface area contributed by atoms with E-state index in [9.17, 15) is 14.7 Å². The van der Waals surface area contributed by atoms with Crippen molar-refractivity contribution in [1.29, 1.82) is 0 Å². The Morgan fingerprint density at radius 1 is 1.33 bits per heavy atom. The van der Waals surface area contributed by atoms with Crippen molar-refractivity contribution in [2.75, 3.05) is 6.54 Å². The number of primary amides is 1. The van der Waals surface area contributed by atoms with Gasteiger partial charge in [-0.05, 0) is 18.4 Å². The SMILES string of the molecule is CCC(O)CNC(=O)CCC(OC(N)=O)c1ccccc1. The van der Waals surface area contributed by atoms with E-state index < -0.39 is 18.3 Å². The largest absolute Gasteiger partial charge is 0.441 e. The van der Waals surface area contributed by atoms with Crippen LogP contribution in [-0.4, -0.2) is 29.8 Å². The van der Waals surface area contributed by atoms with E-state index in [2.05, 4.69) is 5.32 Å². The van der Waals surface area contributed by atoms with Crippen LogP contribution < -0.4 is 11.1 Å². The number of benzene rings is 1. The van der Waals surface area contributed by atoms with Gasteiger partial charge >= 0.3 is 6.09 Å². The molecule has 2 atom stereocenters. The number of rotatable bonds is 8. The van der Waals surface area contributed by atoms with Crippen molar-refractivity contribution in [3.05, 3.63) is 35.9 Å². The second-order valence-corrected chi connectivity index (χ2v) is 4.74. The van der Waals surface area contributed by atoms with Crippen molar-refractivity contribution in [3.63, 3.8) is 0 Å². The molecule has 0 spiro atoms. The van der Waals surface area contributed by atoms with Crippen LogP contribution in [0.1, 0.15) is 37.9 Å². The highest BCUT2D eigenvalue weighted by atomic mass is 16.6. The summed E-state index contributed by atoms with van der Waals surface area (Å²) >= 11 is 0. The van der Waals surface area contributed by atoms with Gasteiger partial charge in [-0.15, -0.1) is 0 Å². The fourth-order valence-corrected chi connectivity index (χ4v) is 1.83. The van der Waals surface area contributed by atoms with E-state index in [-0.39, 0.29) is 18.9 Å². The van der Waals surface area contributed by atoms with Crippen LogP contribution in [0.3, 0.4) is 0 Å². The van der Waals surface area contributed by atoms with Crippen molar-refractivity contribution in [2.24, 2.45) is 5.73 Å². The molecule has 21 heavy (non-hydrogen) atoms. The average Bonchev–Trinajstić information content (AvgIpc) is 2.49. The summed E-state index contributed by atoms with van der Waals surface area (Å²) in [5.41, 5.74) is 5.85. The van der Waals surface area contributed by atoms with Crippen molar-refractivity contribution in [1.82, 2.24) is 5.32 Å². The van der Waals surface area contributed by atoms with Gasteiger partial charge in [0.25, 0.3) is 0 Å². The first-order valence-corrected chi connectivity index (χ1v) is 6.98. The van der Waals surface area contributed by atoms with Crippen molar-refractivity contribution in [3.8, 4) is 0 Å². The van der Waals surface area contributed by atoms with Crippen molar-refractivity contribution in [2.45, 2.75) is 38.4 Å². The quantitative estimate of drug-likeness (QED) is 0.676. The van der Waals surface area contributed by atoms with Crippen LogP contribution >= 0.6 is 0 Å². The molecule has 6 heteroatoms. The Balaban J connectivity index is 2.50. The summed E-state index contributed by atoms with van der Waals surface area (Å²) < 4.78 is 5.04. The zero-order valence-electron chi connectivity index (χ0n) is 12.1. The number of hydrogen-bond acceptors (Lipinski definition) is 4. The lowest BCUT2D eigenvalue weighted by molar-refractivity contribution is -0.122. The van der Waals surface area contributed by atoms with E-state index in [0.717, 1.165) is 5.56 Å². The van der Waals surface area contributed by atoms with E-state index in [0.29, 0.717) is 12.8 Å². The van der Waals surface area contributed by atoms with E-state index in [4.69, 9.17) is 10.5 Å². The number of aliphatic hydroxyl groups excluding tert-OH is 1. The number of hydrogen-bond donors (Lipinski definition) is 3. The lowest BCUT2D eigenvalue weighted by Gasteiger charge is -2.17. The van der Waals surface area contributed by atoms with Crippen LogP contribution in [-0.2, 0) is 9.53 Å². The number of ether oxygens (including phenoxy) is 1. The molecule has 2 amide bonds.